The maximum Gasteiger partial charge on any atom is 0.251 e. The lowest BCUT2D eigenvalue weighted by Crippen LogP contribution is -2.48. The Morgan fingerprint density at radius 1 is 1.05 bits per heavy atom. The molecule has 0 unspecified atom stereocenters. The van der Waals surface area contributed by atoms with Gasteiger partial charge >= 0.3 is 0 Å². The number of sulfonamides is 1. The third kappa shape index (κ3) is 6.79. The van der Waals surface area contributed by atoms with Crippen molar-refractivity contribution in [3.63, 3.8) is 0 Å². The molecule has 1 saturated heterocycles. The number of carbonyl (C=O) groups is 2. The van der Waals surface area contributed by atoms with E-state index in [4.69, 9.17) is 11.6 Å². The zero-order chi connectivity index (χ0) is 27.3. The lowest BCUT2D eigenvalue weighted by Gasteiger charge is -2.29. The summed E-state index contributed by atoms with van der Waals surface area (Å²) < 4.78 is 42.3. The van der Waals surface area contributed by atoms with E-state index in [2.05, 4.69) is 26.6 Å². The Kier molecular flexibility index (Phi) is 9.19. The Hall–Kier alpha value is -2.79. The van der Waals surface area contributed by atoms with Gasteiger partial charge in [0.1, 0.15) is 11.9 Å². The zero-order valence-corrected chi connectivity index (χ0v) is 23.5. The van der Waals surface area contributed by atoms with Crippen LogP contribution in [-0.4, -0.2) is 37.1 Å². The van der Waals surface area contributed by atoms with E-state index in [1.165, 1.54) is 34.6 Å². The first-order valence-electron chi connectivity index (χ1n) is 12.0. The van der Waals surface area contributed by atoms with Crippen molar-refractivity contribution in [2.24, 2.45) is 0 Å². The number of halogens is 3. The van der Waals surface area contributed by atoms with Crippen LogP contribution in [0, 0.1) is 5.82 Å². The van der Waals surface area contributed by atoms with E-state index < -0.39 is 16.1 Å². The molecule has 3 aromatic rings. The zero-order valence-electron chi connectivity index (χ0n) is 20.3. The van der Waals surface area contributed by atoms with Crippen LogP contribution in [0.2, 0.25) is 5.02 Å². The monoisotopic (exact) mass is 621 g/mol. The predicted molar refractivity (Wildman–Crippen MR) is 147 cm³/mol. The molecular weight excluding hydrogens is 597 g/mol. The summed E-state index contributed by atoms with van der Waals surface area (Å²) in [5.41, 5.74) is 1.74. The second-order valence-corrected chi connectivity index (χ2v) is 12.1. The largest absolute Gasteiger partial charge is 0.355 e. The number of nitrogens with one attached hydrogen (secondary N) is 2. The summed E-state index contributed by atoms with van der Waals surface area (Å²) in [7, 11) is -4.03. The third-order valence-electron chi connectivity index (χ3n) is 6.27. The molecule has 2 N–H and O–H groups in total. The highest BCUT2D eigenvalue weighted by Gasteiger charge is 2.36. The molecule has 0 saturated carbocycles. The van der Waals surface area contributed by atoms with Gasteiger partial charge in [-0.2, -0.15) is 4.31 Å². The van der Waals surface area contributed by atoms with Crippen LogP contribution >= 0.6 is 27.5 Å². The van der Waals surface area contributed by atoms with Gasteiger partial charge in [0.25, 0.3) is 5.91 Å². The van der Waals surface area contributed by atoms with Crippen molar-refractivity contribution < 1.29 is 22.4 Å². The molecule has 0 bridgehead atoms. The second kappa shape index (κ2) is 12.4. The molecule has 0 aromatic heterocycles. The van der Waals surface area contributed by atoms with E-state index in [1.807, 2.05) is 0 Å². The summed E-state index contributed by atoms with van der Waals surface area (Å²) in [6.45, 7) is 0.667. The van der Waals surface area contributed by atoms with Gasteiger partial charge in [0.15, 0.2) is 0 Å². The maximum atomic E-state index is 13.7. The fourth-order valence-corrected chi connectivity index (χ4v) is 6.34. The summed E-state index contributed by atoms with van der Waals surface area (Å²) in [6.07, 6.45) is 1.88. The average molecular weight is 623 g/mol. The molecule has 3 aromatic carbocycles. The first kappa shape index (κ1) is 28.2. The molecule has 1 heterocycles. The second-order valence-electron chi connectivity index (χ2n) is 8.93. The lowest BCUT2D eigenvalue weighted by molar-refractivity contribution is -0.124. The van der Waals surface area contributed by atoms with E-state index in [9.17, 15) is 22.4 Å². The van der Waals surface area contributed by atoms with Crippen LogP contribution in [0.5, 0.6) is 0 Å². The number of benzene rings is 3. The minimum absolute atomic E-state index is 0.0439. The third-order valence-corrected chi connectivity index (χ3v) is 8.99. The topological polar surface area (TPSA) is 95.6 Å². The number of nitrogens with zero attached hydrogens (tertiary/aromatic N) is 1. The number of hydrogen-bond acceptors (Lipinski definition) is 4. The van der Waals surface area contributed by atoms with E-state index in [1.54, 1.807) is 36.4 Å². The molecule has 0 radical (unpaired) electrons. The van der Waals surface area contributed by atoms with Crippen LogP contribution in [0.25, 0.3) is 0 Å². The van der Waals surface area contributed by atoms with Crippen LogP contribution in [0.1, 0.15) is 40.7 Å². The minimum Gasteiger partial charge on any atom is -0.355 e. The van der Waals surface area contributed by atoms with E-state index in [0.29, 0.717) is 40.0 Å². The molecule has 4 rings (SSSR count). The molecule has 11 heteroatoms. The van der Waals surface area contributed by atoms with Crippen LogP contribution in [0.4, 0.5) is 4.39 Å². The Labute approximate surface area is 234 Å². The Bertz CT molecular complexity index is 1420. The van der Waals surface area contributed by atoms with Gasteiger partial charge in [0.2, 0.25) is 15.9 Å². The van der Waals surface area contributed by atoms with Gasteiger partial charge in [-0.1, -0.05) is 29.8 Å². The highest BCUT2D eigenvalue weighted by molar-refractivity contribution is 9.10. The molecule has 1 aliphatic heterocycles. The minimum atomic E-state index is -4.03. The lowest BCUT2D eigenvalue weighted by atomic mass is 10.1. The number of amides is 2. The van der Waals surface area contributed by atoms with Gasteiger partial charge in [-0.3, -0.25) is 9.59 Å². The summed E-state index contributed by atoms with van der Waals surface area (Å²) in [5.74, 6) is -1.04. The standard InChI is InChI=1S/C27H26BrClFN3O4S/c28-23-15-19(6-13-24(23)30)16-32-26(34)20-7-4-18(5-8-20)17-33(25-3-1-2-14-31-27(25)35)38(36,37)22-11-9-21(29)10-12-22/h4-13,15,25H,1-3,14,16-17H2,(H,31,35)(H,32,34)/t25-/m1/s1. The Morgan fingerprint density at radius 2 is 1.74 bits per heavy atom. The molecule has 38 heavy (non-hydrogen) atoms. The van der Waals surface area contributed by atoms with Crippen molar-refractivity contribution in [3.05, 3.63) is 98.7 Å². The maximum absolute atomic E-state index is 13.7. The van der Waals surface area contributed by atoms with E-state index in [-0.39, 0.29) is 35.6 Å². The average Bonchev–Trinajstić information content (AvgIpc) is 3.12. The van der Waals surface area contributed by atoms with Gasteiger partial charge in [-0.15, -0.1) is 0 Å². The highest BCUT2D eigenvalue weighted by Crippen LogP contribution is 2.26. The van der Waals surface area contributed by atoms with E-state index in [0.717, 1.165) is 12.0 Å². The first-order chi connectivity index (χ1) is 18.1. The molecule has 0 aliphatic carbocycles. The molecule has 7 nitrogen and oxygen atoms in total. The molecule has 0 spiro atoms. The van der Waals surface area contributed by atoms with Crippen molar-refractivity contribution >= 4 is 49.4 Å². The van der Waals surface area contributed by atoms with Gasteiger partial charge < -0.3 is 10.6 Å². The highest BCUT2D eigenvalue weighted by atomic mass is 79.9. The van der Waals surface area contributed by atoms with Gasteiger partial charge in [-0.25, -0.2) is 12.8 Å². The molecule has 1 fully saturated rings. The summed E-state index contributed by atoms with van der Waals surface area (Å²) in [4.78, 5) is 25.5. The number of rotatable bonds is 8. The molecule has 200 valence electrons. The van der Waals surface area contributed by atoms with Crippen molar-refractivity contribution in [2.75, 3.05) is 6.54 Å². The number of carbonyl (C=O) groups excluding carboxylic acids is 2. The normalized spacial score (nSPS) is 16.1. The fraction of sp³-hybridized carbons (Fsp3) is 0.259. The SMILES string of the molecule is O=C(NCc1ccc(F)c(Br)c1)c1ccc(CN([C@@H]2CCCCNC2=O)S(=O)(=O)c2ccc(Cl)cc2)cc1. The quantitative estimate of drug-likeness (QED) is 0.369. The Morgan fingerprint density at radius 3 is 2.42 bits per heavy atom. The molecule has 1 aliphatic rings. The summed E-state index contributed by atoms with van der Waals surface area (Å²) in [5, 5.41) is 6.00. The van der Waals surface area contributed by atoms with Crippen LogP contribution < -0.4 is 10.6 Å². The van der Waals surface area contributed by atoms with E-state index >= 15 is 0 Å². The first-order valence-corrected chi connectivity index (χ1v) is 14.6. The van der Waals surface area contributed by atoms with Gasteiger partial charge in [0, 0.05) is 30.2 Å². The summed E-state index contributed by atoms with van der Waals surface area (Å²) >= 11 is 9.08. The molecule has 2 amide bonds. The van der Waals surface area contributed by atoms with Crippen molar-refractivity contribution in [1.82, 2.24) is 14.9 Å². The van der Waals surface area contributed by atoms with Gasteiger partial charge in [0.05, 0.1) is 9.37 Å². The molecular formula is C27H26BrClFN3O4S. The summed E-state index contributed by atoms with van der Waals surface area (Å²) in [6, 6.07) is 16.0. The smallest absolute Gasteiger partial charge is 0.251 e. The van der Waals surface area contributed by atoms with Crippen LogP contribution in [-0.2, 0) is 27.9 Å². The van der Waals surface area contributed by atoms with Crippen molar-refractivity contribution in [1.29, 1.82) is 0 Å². The van der Waals surface area contributed by atoms with Crippen LogP contribution in [0.3, 0.4) is 0 Å². The molecule has 1 atom stereocenters. The fourth-order valence-electron chi connectivity index (χ4n) is 4.18. The van der Waals surface area contributed by atoms with Crippen molar-refractivity contribution in [2.45, 2.75) is 43.3 Å². The predicted octanol–water partition coefficient (Wildman–Crippen LogP) is 5.03. The van der Waals surface area contributed by atoms with Crippen molar-refractivity contribution in [3.8, 4) is 0 Å². The number of hydrogen-bond donors (Lipinski definition) is 2. The Balaban J connectivity index is 1.53. The van der Waals surface area contributed by atoms with Crippen LogP contribution in [0.15, 0.2) is 76.1 Å². The van der Waals surface area contributed by atoms with Gasteiger partial charge in [-0.05, 0) is 94.9 Å².